The smallest absolute Gasteiger partial charge is 0.164 e. The average molecular weight is 666 g/mol. The molecule has 0 fully saturated rings. The first kappa shape index (κ1) is 28.6. The Bertz CT molecular complexity index is 3160. The Kier molecular flexibility index (Phi) is 6.15. The van der Waals surface area contributed by atoms with Crippen LogP contribution in [0.25, 0.3) is 105 Å². The number of benzene rings is 7. The van der Waals surface area contributed by atoms with Crippen LogP contribution in [-0.4, -0.2) is 24.5 Å². The molecule has 0 radical (unpaired) electrons. The minimum absolute atomic E-state index is 0.566. The summed E-state index contributed by atoms with van der Waals surface area (Å²) < 4.78 is 8.58. The second kappa shape index (κ2) is 11.2. The van der Waals surface area contributed by atoms with E-state index < -0.39 is 0 Å². The summed E-state index contributed by atoms with van der Waals surface area (Å²) >= 11 is 0. The predicted octanol–water partition coefficient (Wildman–Crippen LogP) is 11.6. The van der Waals surface area contributed by atoms with Gasteiger partial charge < -0.3 is 8.98 Å². The summed E-state index contributed by atoms with van der Waals surface area (Å²) in [5, 5.41) is 8.83. The van der Waals surface area contributed by atoms with Gasteiger partial charge in [0.2, 0.25) is 0 Å². The van der Waals surface area contributed by atoms with Crippen molar-refractivity contribution >= 4 is 65.3 Å². The average Bonchev–Trinajstić information content (AvgIpc) is 3.76. The first-order valence-electron chi connectivity index (χ1n) is 17.3. The maximum absolute atomic E-state index is 6.26. The zero-order valence-electron chi connectivity index (χ0n) is 27.7. The molecule has 0 unspecified atom stereocenters. The monoisotopic (exact) mass is 665 g/mol. The molecule has 0 saturated heterocycles. The molecule has 0 N–H and O–H groups in total. The lowest BCUT2D eigenvalue weighted by molar-refractivity contribution is 0.668. The highest BCUT2D eigenvalue weighted by Crippen LogP contribution is 2.39. The molecule has 242 valence electrons. The third-order valence-corrected chi connectivity index (χ3v) is 10.1. The highest BCUT2D eigenvalue weighted by Gasteiger charge is 2.20. The van der Waals surface area contributed by atoms with Gasteiger partial charge >= 0.3 is 0 Å². The van der Waals surface area contributed by atoms with Gasteiger partial charge in [0.15, 0.2) is 17.5 Å². The quantitative estimate of drug-likeness (QED) is 0.175. The van der Waals surface area contributed by atoms with Crippen LogP contribution >= 0.6 is 0 Å². The standard InChI is InChI=1S/C46H27N5O/c1-2-14-31-28(11-1)26-37(33-16-4-3-15-32(31)33)46-49-44(48-45(50-46)36-19-10-22-42-43(36)38-27-47-24-23-41(38)52-42)29-12-9-13-30(25-29)51-39-20-7-5-17-34(39)35-18-6-8-21-40(35)51/h1-27H. The number of furan rings is 1. The summed E-state index contributed by atoms with van der Waals surface area (Å²) in [6.45, 7) is 0. The van der Waals surface area contributed by atoms with Gasteiger partial charge in [-0.25, -0.2) is 15.0 Å². The molecule has 0 spiro atoms. The Morgan fingerprint density at radius 3 is 1.90 bits per heavy atom. The van der Waals surface area contributed by atoms with Gasteiger partial charge in [0, 0.05) is 56.3 Å². The molecule has 7 aromatic carbocycles. The molecule has 11 rings (SSSR count). The summed E-state index contributed by atoms with van der Waals surface area (Å²) in [5.41, 5.74) is 7.55. The number of hydrogen-bond donors (Lipinski definition) is 0. The van der Waals surface area contributed by atoms with Crippen LogP contribution < -0.4 is 0 Å². The summed E-state index contributed by atoms with van der Waals surface area (Å²) in [7, 11) is 0. The zero-order chi connectivity index (χ0) is 34.2. The highest BCUT2D eigenvalue weighted by molar-refractivity contribution is 6.14. The van der Waals surface area contributed by atoms with E-state index >= 15 is 0 Å². The number of fused-ring (bicyclic) bond motifs is 9. The van der Waals surface area contributed by atoms with E-state index in [4.69, 9.17) is 19.4 Å². The van der Waals surface area contributed by atoms with E-state index in [1.807, 2.05) is 24.4 Å². The third-order valence-electron chi connectivity index (χ3n) is 10.1. The van der Waals surface area contributed by atoms with Gasteiger partial charge in [0.05, 0.1) is 11.0 Å². The van der Waals surface area contributed by atoms with Crippen molar-refractivity contribution in [3.8, 4) is 39.9 Å². The van der Waals surface area contributed by atoms with E-state index in [9.17, 15) is 0 Å². The Balaban J connectivity index is 1.19. The van der Waals surface area contributed by atoms with Gasteiger partial charge in [-0.3, -0.25) is 4.98 Å². The lowest BCUT2D eigenvalue weighted by Crippen LogP contribution is -2.02. The molecule has 0 aliphatic heterocycles. The fraction of sp³-hybridized carbons (Fsp3) is 0. The second-order valence-electron chi connectivity index (χ2n) is 13.1. The molecule has 0 aliphatic carbocycles. The van der Waals surface area contributed by atoms with Crippen LogP contribution in [0, 0.1) is 0 Å². The van der Waals surface area contributed by atoms with Gasteiger partial charge in [0.1, 0.15) is 11.2 Å². The third kappa shape index (κ3) is 4.31. The van der Waals surface area contributed by atoms with Crippen LogP contribution in [0.1, 0.15) is 0 Å². The molecule has 0 amide bonds. The Morgan fingerprint density at radius 1 is 0.442 bits per heavy atom. The van der Waals surface area contributed by atoms with Crippen molar-refractivity contribution in [2.45, 2.75) is 0 Å². The normalized spacial score (nSPS) is 11.8. The molecule has 0 bridgehead atoms. The highest BCUT2D eigenvalue weighted by atomic mass is 16.3. The van der Waals surface area contributed by atoms with Crippen LogP contribution in [0.15, 0.2) is 168 Å². The van der Waals surface area contributed by atoms with Crippen LogP contribution in [0.2, 0.25) is 0 Å². The molecular weight excluding hydrogens is 639 g/mol. The molecule has 11 aromatic rings. The van der Waals surface area contributed by atoms with E-state index in [-0.39, 0.29) is 0 Å². The lowest BCUT2D eigenvalue weighted by atomic mass is 9.97. The molecule has 4 heterocycles. The second-order valence-corrected chi connectivity index (χ2v) is 13.1. The van der Waals surface area contributed by atoms with Gasteiger partial charge in [-0.1, -0.05) is 109 Å². The van der Waals surface area contributed by atoms with Crippen molar-refractivity contribution in [1.82, 2.24) is 24.5 Å². The number of rotatable bonds is 4. The maximum Gasteiger partial charge on any atom is 0.164 e. The molecule has 6 nitrogen and oxygen atoms in total. The Labute approximate surface area is 297 Å². The van der Waals surface area contributed by atoms with E-state index in [1.54, 1.807) is 6.20 Å². The van der Waals surface area contributed by atoms with Gasteiger partial charge in [-0.05, 0) is 64.0 Å². The minimum atomic E-state index is 0.566. The van der Waals surface area contributed by atoms with E-state index in [0.29, 0.717) is 17.5 Å². The molecule has 52 heavy (non-hydrogen) atoms. The van der Waals surface area contributed by atoms with Crippen molar-refractivity contribution in [3.63, 3.8) is 0 Å². The van der Waals surface area contributed by atoms with Crippen molar-refractivity contribution in [2.75, 3.05) is 0 Å². The van der Waals surface area contributed by atoms with Gasteiger partial charge in [0.25, 0.3) is 0 Å². The molecule has 0 aliphatic rings. The first-order chi connectivity index (χ1) is 25.8. The Hall–Kier alpha value is -7.18. The predicted molar refractivity (Wildman–Crippen MR) is 211 cm³/mol. The number of pyridine rings is 1. The number of para-hydroxylation sites is 2. The van der Waals surface area contributed by atoms with Gasteiger partial charge in [-0.15, -0.1) is 0 Å². The van der Waals surface area contributed by atoms with E-state index in [1.165, 1.54) is 16.2 Å². The summed E-state index contributed by atoms with van der Waals surface area (Å²) in [6, 6.07) is 52.7. The summed E-state index contributed by atoms with van der Waals surface area (Å²) in [5.74, 6) is 1.76. The van der Waals surface area contributed by atoms with Crippen molar-refractivity contribution < 1.29 is 4.42 Å². The lowest BCUT2D eigenvalue weighted by Gasteiger charge is -2.13. The maximum atomic E-state index is 6.26. The van der Waals surface area contributed by atoms with Crippen LogP contribution in [-0.2, 0) is 0 Å². The number of aromatic nitrogens is 5. The molecule has 0 atom stereocenters. The van der Waals surface area contributed by atoms with Crippen LogP contribution in [0.4, 0.5) is 0 Å². The molecule has 6 heteroatoms. The fourth-order valence-corrected chi connectivity index (χ4v) is 7.83. The SMILES string of the molecule is c1cc(-c2nc(-c3cc4ccccc4c4ccccc34)nc(-c3cccc4oc5ccncc5c34)n2)cc(-n2c3ccccc3c3ccccc32)c1. The summed E-state index contributed by atoms with van der Waals surface area (Å²) in [4.78, 5) is 20.2. The van der Waals surface area contributed by atoms with Crippen molar-refractivity contribution in [2.24, 2.45) is 0 Å². The summed E-state index contributed by atoms with van der Waals surface area (Å²) in [6.07, 6.45) is 3.60. The van der Waals surface area contributed by atoms with Crippen molar-refractivity contribution in [1.29, 1.82) is 0 Å². The zero-order valence-corrected chi connectivity index (χ0v) is 27.7. The van der Waals surface area contributed by atoms with E-state index in [0.717, 1.165) is 71.5 Å². The molecule has 4 aromatic heterocycles. The van der Waals surface area contributed by atoms with Crippen LogP contribution in [0.3, 0.4) is 0 Å². The number of hydrogen-bond acceptors (Lipinski definition) is 5. The largest absolute Gasteiger partial charge is 0.456 e. The Morgan fingerprint density at radius 2 is 1.10 bits per heavy atom. The number of nitrogens with zero attached hydrogens (tertiary/aromatic N) is 5. The van der Waals surface area contributed by atoms with Crippen molar-refractivity contribution in [3.05, 3.63) is 164 Å². The van der Waals surface area contributed by atoms with Crippen LogP contribution in [0.5, 0.6) is 0 Å². The topological polar surface area (TPSA) is 69.6 Å². The first-order valence-corrected chi connectivity index (χ1v) is 17.3. The molecule has 0 saturated carbocycles. The minimum Gasteiger partial charge on any atom is -0.456 e. The molecular formula is C46H27N5O. The fourth-order valence-electron chi connectivity index (χ4n) is 7.83. The van der Waals surface area contributed by atoms with E-state index in [2.05, 4.69) is 143 Å². The van der Waals surface area contributed by atoms with Gasteiger partial charge in [-0.2, -0.15) is 0 Å².